The molecule has 7 heteroatoms. The Morgan fingerprint density at radius 3 is 2.29 bits per heavy atom. The maximum Gasteiger partial charge on any atom is 0.253 e. The van der Waals surface area contributed by atoms with E-state index in [1.54, 1.807) is 24.3 Å². The molecule has 0 saturated carbocycles. The molecule has 6 nitrogen and oxygen atoms in total. The summed E-state index contributed by atoms with van der Waals surface area (Å²) in [5.74, 6) is -0.383. The molecule has 2 aromatic rings. The summed E-state index contributed by atoms with van der Waals surface area (Å²) in [5, 5.41) is 3.37. The number of carbonyl (C=O) groups is 3. The van der Waals surface area contributed by atoms with Gasteiger partial charge in [0.05, 0.1) is 10.6 Å². The van der Waals surface area contributed by atoms with Gasteiger partial charge in [0.1, 0.15) is 6.04 Å². The van der Waals surface area contributed by atoms with Crippen molar-refractivity contribution >= 4 is 29.3 Å². The summed E-state index contributed by atoms with van der Waals surface area (Å²) in [4.78, 5) is 43.3. The summed E-state index contributed by atoms with van der Waals surface area (Å²) >= 11 is 6.24. The first kappa shape index (κ1) is 24.3. The fourth-order valence-corrected chi connectivity index (χ4v) is 5.17. The van der Waals surface area contributed by atoms with Gasteiger partial charge in [0.25, 0.3) is 11.8 Å². The van der Waals surface area contributed by atoms with Crippen molar-refractivity contribution in [1.82, 2.24) is 15.1 Å². The first-order valence-corrected chi connectivity index (χ1v) is 12.5. The maximum atomic E-state index is 13.5. The number of nitrogens with one attached hydrogen (secondary N) is 1. The van der Waals surface area contributed by atoms with E-state index >= 15 is 0 Å². The number of hydrogen-bond donors (Lipinski definition) is 1. The molecule has 4 rings (SSSR count). The summed E-state index contributed by atoms with van der Waals surface area (Å²) in [7, 11) is 0. The molecule has 0 unspecified atom stereocenters. The van der Waals surface area contributed by atoms with Crippen LogP contribution < -0.4 is 5.32 Å². The molecule has 2 heterocycles. The topological polar surface area (TPSA) is 69.7 Å². The van der Waals surface area contributed by atoms with Crippen molar-refractivity contribution in [3.8, 4) is 0 Å². The number of rotatable bonds is 5. The van der Waals surface area contributed by atoms with Crippen molar-refractivity contribution in [3.05, 3.63) is 70.2 Å². The summed E-state index contributed by atoms with van der Waals surface area (Å²) in [6.07, 6.45) is 4.41. The van der Waals surface area contributed by atoms with Crippen LogP contribution in [0.15, 0.2) is 48.5 Å². The highest BCUT2D eigenvalue weighted by Crippen LogP contribution is 2.26. The highest BCUT2D eigenvalue weighted by molar-refractivity contribution is 6.33. The van der Waals surface area contributed by atoms with Crippen molar-refractivity contribution < 1.29 is 14.4 Å². The van der Waals surface area contributed by atoms with E-state index in [1.807, 2.05) is 41.0 Å². The number of halogens is 1. The minimum atomic E-state index is -0.627. The van der Waals surface area contributed by atoms with Crippen LogP contribution >= 0.6 is 11.6 Å². The number of benzene rings is 2. The van der Waals surface area contributed by atoms with Gasteiger partial charge in [0, 0.05) is 31.7 Å². The molecule has 0 aromatic heterocycles. The van der Waals surface area contributed by atoms with Crippen LogP contribution in [0.5, 0.6) is 0 Å². The molecule has 2 saturated heterocycles. The Balaban J connectivity index is 1.47. The van der Waals surface area contributed by atoms with E-state index in [4.69, 9.17) is 11.6 Å². The van der Waals surface area contributed by atoms with Gasteiger partial charge in [-0.3, -0.25) is 14.4 Å². The Kier molecular flexibility index (Phi) is 7.88. The van der Waals surface area contributed by atoms with E-state index in [-0.39, 0.29) is 23.6 Å². The lowest BCUT2D eigenvalue weighted by Gasteiger charge is -2.38. The van der Waals surface area contributed by atoms with Gasteiger partial charge in [-0.25, -0.2) is 0 Å². The second-order valence-corrected chi connectivity index (χ2v) is 9.72. The van der Waals surface area contributed by atoms with E-state index in [2.05, 4.69) is 5.32 Å². The van der Waals surface area contributed by atoms with Crippen LogP contribution in [0.4, 0.5) is 0 Å². The van der Waals surface area contributed by atoms with Crippen LogP contribution in [0, 0.1) is 12.8 Å². The normalized spacial score (nSPS) is 17.8. The number of carbonyl (C=O) groups excluding carboxylic acids is 3. The second kappa shape index (κ2) is 11.0. The molecule has 0 spiro atoms. The van der Waals surface area contributed by atoms with E-state index in [0.717, 1.165) is 37.9 Å². The first-order chi connectivity index (χ1) is 16.4. The predicted molar refractivity (Wildman–Crippen MR) is 133 cm³/mol. The SMILES string of the molecule is Cc1cccc(C(=O)N2CCC([C@H](NC(=O)c3ccccc3Cl)C(=O)N3CCCCC3)CC2)c1. The fourth-order valence-electron chi connectivity index (χ4n) is 4.95. The van der Waals surface area contributed by atoms with Crippen LogP contribution in [0.2, 0.25) is 5.02 Å². The molecule has 0 aliphatic carbocycles. The Morgan fingerprint density at radius 2 is 1.62 bits per heavy atom. The summed E-state index contributed by atoms with van der Waals surface area (Å²) in [6, 6.07) is 13.9. The van der Waals surface area contributed by atoms with Gasteiger partial charge in [0.2, 0.25) is 5.91 Å². The van der Waals surface area contributed by atoms with Gasteiger partial charge in [-0.1, -0.05) is 41.4 Å². The molecule has 1 atom stereocenters. The number of aryl methyl sites for hydroxylation is 1. The highest BCUT2D eigenvalue weighted by Gasteiger charge is 2.36. The Hall–Kier alpha value is -2.86. The number of hydrogen-bond acceptors (Lipinski definition) is 3. The minimum absolute atomic E-state index is 0.0150. The zero-order valence-electron chi connectivity index (χ0n) is 19.6. The Bertz CT molecular complexity index is 1040. The first-order valence-electron chi connectivity index (χ1n) is 12.1. The molecule has 34 heavy (non-hydrogen) atoms. The van der Waals surface area contributed by atoms with Gasteiger partial charge >= 0.3 is 0 Å². The largest absolute Gasteiger partial charge is 0.341 e. The van der Waals surface area contributed by atoms with Crippen molar-refractivity contribution in [2.24, 2.45) is 5.92 Å². The quantitative estimate of drug-likeness (QED) is 0.691. The summed E-state index contributed by atoms with van der Waals surface area (Å²) in [6.45, 7) is 4.54. The highest BCUT2D eigenvalue weighted by atomic mass is 35.5. The van der Waals surface area contributed by atoms with E-state index in [1.165, 1.54) is 0 Å². The van der Waals surface area contributed by atoms with E-state index in [9.17, 15) is 14.4 Å². The van der Waals surface area contributed by atoms with Crippen molar-refractivity contribution in [1.29, 1.82) is 0 Å². The summed E-state index contributed by atoms with van der Waals surface area (Å²) in [5.41, 5.74) is 2.11. The molecule has 0 radical (unpaired) electrons. The zero-order valence-corrected chi connectivity index (χ0v) is 20.4. The molecule has 0 bridgehead atoms. The number of likely N-dealkylation sites (tertiary alicyclic amines) is 2. The number of nitrogens with zero attached hydrogens (tertiary/aromatic N) is 2. The van der Waals surface area contributed by atoms with Gasteiger partial charge < -0.3 is 15.1 Å². The van der Waals surface area contributed by atoms with Crippen molar-refractivity contribution in [2.75, 3.05) is 26.2 Å². The molecule has 3 amide bonds. The van der Waals surface area contributed by atoms with Crippen LogP contribution in [0.25, 0.3) is 0 Å². The Morgan fingerprint density at radius 1 is 0.912 bits per heavy atom. The third-order valence-corrected chi connectivity index (χ3v) is 7.23. The smallest absolute Gasteiger partial charge is 0.253 e. The molecular formula is C27H32ClN3O3. The summed E-state index contributed by atoms with van der Waals surface area (Å²) < 4.78 is 0. The third kappa shape index (κ3) is 5.61. The van der Waals surface area contributed by atoms with Gasteiger partial charge in [0.15, 0.2) is 0 Å². The average Bonchev–Trinajstić information content (AvgIpc) is 2.87. The van der Waals surface area contributed by atoms with Gasteiger partial charge in [-0.05, 0) is 69.2 Å². The lowest BCUT2D eigenvalue weighted by atomic mass is 9.87. The molecule has 1 N–H and O–H groups in total. The van der Waals surface area contributed by atoms with E-state index < -0.39 is 6.04 Å². The average molecular weight is 482 g/mol. The van der Waals surface area contributed by atoms with Crippen LogP contribution in [-0.2, 0) is 4.79 Å². The maximum absolute atomic E-state index is 13.5. The molecule has 180 valence electrons. The van der Waals surface area contributed by atoms with Crippen LogP contribution in [-0.4, -0.2) is 59.7 Å². The van der Waals surface area contributed by atoms with Crippen LogP contribution in [0.3, 0.4) is 0 Å². The fraction of sp³-hybridized carbons (Fsp3) is 0.444. The third-order valence-electron chi connectivity index (χ3n) is 6.90. The lowest BCUT2D eigenvalue weighted by molar-refractivity contribution is -0.136. The monoisotopic (exact) mass is 481 g/mol. The minimum Gasteiger partial charge on any atom is -0.341 e. The number of amides is 3. The van der Waals surface area contributed by atoms with Crippen molar-refractivity contribution in [3.63, 3.8) is 0 Å². The molecular weight excluding hydrogens is 450 g/mol. The van der Waals surface area contributed by atoms with Gasteiger partial charge in [-0.2, -0.15) is 0 Å². The Labute approximate surface area is 206 Å². The second-order valence-electron chi connectivity index (χ2n) is 9.32. The molecule has 2 aliphatic rings. The van der Waals surface area contributed by atoms with Crippen molar-refractivity contribution in [2.45, 2.75) is 45.1 Å². The van der Waals surface area contributed by atoms with E-state index in [0.29, 0.717) is 42.1 Å². The van der Waals surface area contributed by atoms with Gasteiger partial charge in [-0.15, -0.1) is 0 Å². The number of piperidine rings is 2. The molecule has 2 aliphatic heterocycles. The van der Waals surface area contributed by atoms with Crippen LogP contribution in [0.1, 0.15) is 58.4 Å². The lowest BCUT2D eigenvalue weighted by Crippen LogP contribution is -2.55. The molecule has 2 fully saturated rings. The molecule has 2 aromatic carbocycles. The standard InChI is InChI=1S/C27H32ClN3O3/c1-19-8-7-9-21(18-19)26(33)31-16-12-20(13-17-31)24(27(34)30-14-5-2-6-15-30)29-25(32)22-10-3-4-11-23(22)28/h3-4,7-11,18,20,24H,2,5-6,12-17H2,1H3,(H,29,32)/t24-/m0/s1. The predicted octanol–water partition coefficient (Wildman–Crippen LogP) is 4.31. The zero-order chi connectivity index (χ0) is 24.1.